The van der Waals surface area contributed by atoms with E-state index < -0.39 is 0 Å². The molecule has 0 radical (unpaired) electrons. The number of benzene rings is 1. The van der Waals surface area contributed by atoms with E-state index in [0.29, 0.717) is 12.5 Å². The van der Waals surface area contributed by atoms with Crippen LogP contribution in [0.1, 0.15) is 48.9 Å². The van der Waals surface area contributed by atoms with Gasteiger partial charge in [-0.1, -0.05) is 18.2 Å². The topological polar surface area (TPSA) is 35.8 Å². The average Bonchev–Trinajstić information content (AvgIpc) is 2.38. The van der Waals surface area contributed by atoms with Crippen molar-refractivity contribution in [3.63, 3.8) is 0 Å². The van der Waals surface area contributed by atoms with E-state index in [-0.39, 0.29) is 0 Å². The number of nitrogens with one attached hydrogen (secondary N) is 1. The van der Waals surface area contributed by atoms with Crippen LogP contribution < -0.4 is 5.32 Å². The van der Waals surface area contributed by atoms with Crippen LogP contribution in [0.5, 0.6) is 0 Å². The van der Waals surface area contributed by atoms with Crippen molar-refractivity contribution in [2.45, 2.75) is 45.1 Å². The summed E-state index contributed by atoms with van der Waals surface area (Å²) >= 11 is 0. The number of nitrogens with zero attached hydrogens (tertiary/aromatic N) is 1. The minimum absolute atomic E-state index is 0.343. The van der Waals surface area contributed by atoms with Crippen molar-refractivity contribution < 1.29 is 0 Å². The van der Waals surface area contributed by atoms with Crippen molar-refractivity contribution in [2.24, 2.45) is 0 Å². The molecule has 1 aromatic carbocycles. The zero-order valence-electron chi connectivity index (χ0n) is 10.5. The third-order valence-corrected chi connectivity index (χ3v) is 3.56. The summed E-state index contributed by atoms with van der Waals surface area (Å²) in [6.07, 6.45) is 5.71. The van der Waals surface area contributed by atoms with Gasteiger partial charge in [0.05, 0.1) is 6.07 Å². The molecule has 0 aromatic heterocycles. The lowest BCUT2D eigenvalue weighted by Crippen LogP contribution is -2.20. The predicted octanol–water partition coefficient (Wildman–Crippen LogP) is 3.13. The molecule has 0 spiro atoms. The summed E-state index contributed by atoms with van der Waals surface area (Å²) in [7, 11) is 0. The van der Waals surface area contributed by atoms with E-state index in [1.807, 2.05) is 0 Å². The summed E-state index contributed by atoms with van der Waals surface area (Å²) in [5, 5.41) is 11.9. The van der Waals surface area contributed by atoms with Gasteiger partial charge in [0, 0.05) is 19.0 Å². The molecule has 0 heterocycles. The fourth-order valence-electron chi connectivity index (χ4n) is 2.49. The number of fused-ring (bicyclic) bond motifs is 1. The van der Waals surface area contributed by atoms with Gasteiger partial charge in [-0.05, 0) is 49.3 Å². The second-order valence-corrected chi connectivity index (χ2v) is 4.82. The second kappa shape index (κ2) is 5.84. The molecule has 1 aliphatic rings. The van der Waals surface area contributed by atoms with Gasteiger partial charge in [-0.15, -0.1) is 0 Å². The SMILES string of the molecule is CC(NCCC#N)c1ccc2c(c1)CCCC2. The highest BCUT2D eigenvalue weighted by Crippen LogP contribution is 2.24. The lowest BCUT2D eigenvalue weighted by Gasteiger charge is -2.19. The first-order valence-corrected chi connectivity index (χ1v) is 6.53. The van der Waals surface area contributed by atoms with Gasteiger partial charge in [0.1, 0.15) is 0 Å². The molecule has 1 N–H and O–H groups in total. The van der Waals surface area contributed by atoms with Crippen LogP contribution in [-0.4, -0.2) is 6.54 Å². The maximum absolute atomic E-state index is 8.52. The summed E-state index contributed by atoms with van der Waals surface area (Å²) in [5.74, 6) is 0. The molecule has 2 heteroatoms. The highest BCUT2D eigenvalue weighted by atomic mass is 14.9. The van der Waals surface area contributed by atoms with Gasteiger partial charge in [-0.3, -0.25) is 0 Å². The number of nitriles is 1. The van der Waals surface area contributed by atoms with Crippen LogP contribution >= 0.6 is 0 Å². The van der Waals surface area contributed by atoms with Crippen molar-refractivity contribution in [3.8, 4) is 6.07 Å². The zero-order valence-corrected chi connectivity index (χ0v) is 10.5. The Labute approximate surface area is 104 Å². The lowest BCUT2D eigenvalue weighted by atomic mass is 9.89. The van der Waals surface area contributed by atoms with E-state index >= 15 is 0 Å². The Kier molecular flexibility index (Phi) is 4.17. The van der Waals surface area contributed by atoms with Crippen LogP contribution in [0.15, 0.2) is 18.2 Å². The van der Waals surface area contributed by atoms with E-state index in [0.717, 1.165) is 6.54 Å². The molecular formula is C15H20N2. The van der Waals surface area contributed by atoms with Crippen LogP contribution in [-0.2, 0) is 12.8 Å². The van der Waals surface area contributed by atoms with Gasteiger partial charge in [0.15, 0.2) is 0 Å². The fourth-order valence-corrected chi connectivity index (χ4v) is 2.49. The Morgan fingerprint density at radius 3 is 2.82 bits per heavy atom. The average molecular weight is 228 g/mol. The number of aryl methyl sites for hydroxylation is 2. The normalized spacial score (nSPS) is 16.0. The third kappa shape index (κ3) is 3.08. The highest BCUT2D eigenvalue weighted by molar-refractivity contribution is 5.35. The number of rotatable bonds is 4. The molecule has 1 aromatic rings. The van der Waals surface area contributed by atoms with Gasteiger partial charge in [0.2, 0.25) is 0 Å². The Morgan fingerprint density at radius 2 is 2.06 bits per heavy atom. The van der Waals surface area contributed by atoms with Crippen LogP contribution in [0.4, 0.5) is 0 Å². The summed E-state index contributed by atoms with van der Waals surface area (Å²) in [4.78, 5) is 0. The molecule has 2 nitrogen and oxygen atoms in total. The predicted molar refractivity (Wildman–Crippen MR) is 69.7 cm³/mol. The minimum atomic E-state index is 0.343. The van der Waals surface area contributed by atoms with Gasteiger partial charge < -0.3 is 5.32 Å². The molecule has 0 fully saturated rings. The molecule has 0 saturated heterocycles. The highest BCUT2D eigenvalue weighted by Gasteiger charge is 2.11. The molecule has 1 unspecified atom stereocenters. The minimum Gasteiger partial charge on any atom is -0.309 e. The van der Waals surface area contributed by atoms with Crippen LogP contribution in [0, 0.1) is 11.3 Å². The van der Waals surface area contributed by atoms with Crippen LogP contribution in [0.3, 0.4) is 0 Å². The molecule has 17 heavy (non-hydrogen) atoms. The molecule has 0 amide bonds. The number of hydrogen-bond donors (Lipinski definition) is 1. The zero-order chi connectivity index (χ0) is 12.1. The second-order valence-electron chi connectivity index (χ2n) is 4.82. The first-order chi connectivity index (χ1) is 8.31. The van der Waals surface area contributed by atoms with E-state index in [9.17, 15) is 0 Å². The first-order valence-electron chi connectivity index (χ1n) is 6.53. The van der Waals surface area contributed by atoms with Crippen LogP contribution in [0.25, 0.3) is 0 Å². The summed E-state index contributed by atoms with van der Waals surface area (Å²) in [5.41, 5.74) is 4.41. The van der Waals surface area contributed by atoms with Crippen molar-refractivity contribution in [1.29, 1.82) is 5.26 Å². The van der Waals surface area contributed by atoms with E-state index in [1.165, 1.54) is 42.4 Å². The number of hydrogen-bond acceptors (Lipinski definition) is 2. The third-order valence-electron chi connectivity index (χ3n) is 3.56. The summed E-state index contributed by atoms with van der Waals surface area (Å²) in [6.45, 7) is 2.94. The lowest BCUT2D eigenvalue weighted by molar-refractivity contribution is 0.580. The van der Waals surface area contributed by atoms with Gasteiger partial charge >= 0.3 is 0 Å². The molecule has 1 atom stereocenters. The Morgan fingerprint density at radius 1 is 1.29 bits per heavy atom. The smallest absolute Gasteiger partial charge is 0.0635 e. The van der Waals surface area contributed by atoms with Crippen molar-refractivity contribution in [3.05, 3.63) is 34.9 Å². The Hall–Kier alpha value is -1.33. The molecule has 90 valence electrons. The molecule has 1 aliphatic carbocycles. The van der Waals surface area contributed by atoms with Gasteiger partial charge in [0.25, 0.3) is 0 Å². The van der Waals surface area contributed by atoms with E-state index in [2.05, 4.69) is 36.5 Å². The van der Waals surface area contributed by atoms with E-state index in [1.54, 1.807) is 0 Å². The Balaban J connectivity index is 2.03. The molecule has 0 saturated carbocycles. The van der Waals surface area contributed by atoms with E-state index in [4.69, 9.17) is 5.26 Å². The first kappa shape index (κ1) is 12.1. The van der Waals surface area contributed by atoms with Crippen molar-refractivity contribution in [2.75, 3.05) is 6.54 Å². The van der Waals surface area contributed by atoms with Gasteiger partial charge in [-0.25, -0.2) is 0 Å². The Bertz CT molecular complexity index is 417. The maximum atomic E-state index is 8.52. The largest absolute Gasteiger partial charge is 0.309 e. The maximum Gasteiger partial charge on any atom is 0.0635 e. The molecule has 0 aliphatic heterocycles. The van der Waals surface area contributed by atoms with Gasteiger partial charge in [-0.2, -0.15) is 5.26 Å². The van der Waals surface area contributed by atoms with Crippen molar-refractivity contribution >= 4 is 0 Å². The summed E-state index contributed by atoms with van der Waals surface area (Å²) < 4.78 is 0. The molecule has 2 rings (SSSR count). The molecule has 0 bridgehead atoms. The van der Waals surface area contributed by atoms with Crippen LogP contribution in [0.2, 0.25) is 0 Å². The quantitative estimate of drug-likeness (QED) is 0.804. The van der Waals surface area contributed by atoms with Crippen molar-refractivity contribution in [1.82, 2.24) is 5.32 Å². The monoisotopic (exact) mass is 228 g/mol. The molecular weight excluding hydrogens is 208 g/mol. The standard InChI is InChI=1S/C15H20N2/c1-12(17-10-4-9-16)14-8-7-13-5-2-3-6-15(13)11-14/h7-8,11-12,17H,2-6,10H2,1H3. The summed E-state index contributed by atoms with van der Waals surface area (Å²) in [6, 6.07) is 9.37. The fraction of sp³-hybridized carbons (Fsp3) is 0.533.